The van der Waals surface area contributed by atoms with Crippen molar-refractivity contribution in [3.63, 3.8) is 0 Å². The zero-order valence-corrected chi connectivity index (χ0v) is 9.82. The molecular weight excluding hydrogens is 198 g/mol. The fourth-order valence-electron chi connectivity index (χ4n) is 3.06. The monoisotopic (exact) mass is 217 g/mol. The van der Waals surface area contributed by atoms with Crippen LogP contribution in [0.5, 0.6) is 0 Å². The summed E-state index contributed by atoms with van der Waals surface area (Å²) in [6, 6.07) is 3.99. The van der Waals surface area contributed by atoms with E-state index in [-0.39, 0.29) is 0 Å². The second-order valence-electron chi connectivity index (χ2n) is 5.44. The van der Waals surface area contributed by atoms with Crippen LogP contribution in [0.2, 0.25) is 0 Å². The van der Waals surface area contributed by atoms with Crippen LogP contribution in [0, 0.1) is 11.3 Å². The number of nitrogens with two attached hydrogens (primary N) is 1. The van der Waals surface area contributed by atoms with Crippen molar-refractivity contribution in [1.82, 2.24) is 4.98 Å². The summed E-state index contributed by atoms with van der Waals surface area (Å²) < 4.78 is 0. The first kappa shape index (κ1) is 9.94. The summed E-state index contributed by atoms with van der Waals surface area (Å²) in [5, 5.41) is 0. The molecule has 1 aliphatic heterocycles. The Hall–Kier alpha value is -1.25. The van der Waals surface area contributed by atoms with E-state index in [2.05, 4.69) is 16.8 Å². The third kappa shape index (κ3) is 1.55. The predicted octanol–water partition coefficient (Wildman–Crippen LogP) is 2.29. The molecule has 1 saturated heterocycles. The molecule has 1 aromatic heterocycles. The molecule has 1 spiro atoms. The van der Waals surface area contributed by atoms with Gasteiger partial charge in [-0.3, -0.25) is 0 Å². The minimum absolute atomic E-state index is 0.612. The topological polar surface area (TPSA) is 42.1 Å². The number of hydrogen-bond acceptors (Lipinski definition) is 3. The number of hydrogen-bond donors (Lipinski definition) is 1. The number of nitrogen functional groups attached to an aromatic ring is 1. The van der Waals surface area contributed by atoms with Crippen molar-refractivity contribution in [2.75, 3.05) is 23.7 Å². The highest BCUT2D eigenvalue weighted by Crippen LogP contribution is 2.57. The molecular formula is C13H19N3. The van der Waals surface area contributed by atoms with Gasteiger partial charge in [-0.05, 0) is 42.7 Å². The van der Waals surface area contributed by atoms with Crippen LogP contribution in [0.1, 0.15) is 26.2 Å². The number of anilines is 2. The Morgan fingerprint density at radius 2 is 2.31 bits per heavy atom. The smallest absolute Gasteiger partial charge is 0.128 e. The van der Waals surface area contributed by atoms with E-state index in [0.29, 0.717) is 5.41 Å². The van der Waals surface area contributed by atoms with E-state index in [1.165, 1.54) is 25.8 Å². The van der Waals surface area contributed by atoms with E-state index in [0.717, 1.165) is 24.0 Å². The highest BCUT2D eigenvalue weighted by atomic mass is 15.2. The zero-order chi connectivity index (χ0) is 11.2. The average molecular weight is 217 g/mol. The Bertz CT molecular complexity index is 387. The minimum atomic E-state index is 0.612. The van der Waals surface area contributed by atoms with E-state index in [9.17, 15) is 0 Å². The fourth-order valence-corrected chi connectivity index (χ4v) is 3.06. The lowest BCUT2D eigenvalue weighted by Crippen LogP contribution is -2.37. The molecule has 2 unspecified atom stereocenters. The molecule has 0 bridgehead atoms. The molecule has 3 nitrogen and oxygen atoms in total. The van der Waals surface area contributed by atoms with Crippen LogP contribution in [0.4, 0.5) is 11.5 Å². The van der Waals surface area contributed by atoms with Gasteiger partial charge >= 0.3 is 0 Å². The lowest BCUT2D eigenvalue weighted by molar-refractivity contribution is 0.366. The highest BCUT2D eigenvalue weighted by Gasteiger charge is 2.52. The maximum absolute atomic E-state index is 5.66. The Balaban J connectivity index is 1.77. The van der Waals surface area contributed by atoms with Crippen molar-refractivity contribution < 1.29 is 0 Å². The second-order valence-corrected chi connectivity index (χ2v) is 5.44. The van der Waals surface area contributed by atoms with Crippen molar-refractivity contribution in [3.8, 4) is 0 Å². The van der Waals surface area contributed by atoms with Crippen molar-refractivity contribution >= 4 is 11.5 Å². The molecule has 0 radical (unpaired) electrons. The summed E-state index contributed by atoms with van der Waals surface area (Å²) in [5.41, 5.74) is 7.02. The quantitative estimate of drug-likeness (QED) is 0.784. The maximum Gasteiger partial charge on any atom is 0.128 e. The molecule has 2 fully saturated rings. The zero-order valence-electron chi connectivity index (χ0n) is 9.82. The molecule has 0 amide bonds. The van der Waals surface area contributed by atoms with Crippen molar-refractivity contribution in [2.45, 2.75) is 26.2 Å². The van der Waals surface area contributed by atoms with E-state index in [4.69, 9.17) is 5.73 Å². The molecule has 16 heavy (non-hydrogen) atoms. The van der Waals surface area contributed by atoms with Gasteiger partial charge in [-0.25, -0.2) is 4.98 Å². The molecule has 0 aromatic carbocycles. The molecule has 2 N–H and O–H groups in total. The Kier molecular flexibility index (Phi) is 2.09. The first-order valence-electron chi connectivity index (χ1n) is 6.16. The third-order valence-corrected chi connectivity index (χ3v) is 4.30. The summed E-state index contributed by atoms with van der Waals surface area (Å²) in [4.78, 5) is 6.84. The summed E-state index contributed by atoms with van der Waals surface area (Å²) >= 11 is 0. The fraction of sp³-hybridized carbons (Fsp3) is 0.615. The van der Waals surface area contributed by atoms with Gasteiger partial charge in [0, 0.05) is 13.1 Å². The first-order chi connectivity index (χ1) is 7.70. The van der Waals surface area contributed by atoms with Crippen molar-refractivity contribution in [1.29, 1.82) is 0 Å². The van der Waals surface area contributed by atoms with E-state index >= 15 is 0 Å². The summed E-state index contributed by atoms with van der Waals surface area (Å²) in [6.07, 6.45) is 5.86. The van der Waals surface area contributed by atoms with Gasteiger partial charge in [0.25, 0.3) is 0 Å². The van der Waals surface area contributed by atoms with Crippen LogP contribution >= 0.6 is 0 Å². The lowest BCUT2D eigenvalue weighted by atomic mass is 9.92. The maximum atomic E-state index is 5.66. The number of nitrogens with zero attached hydrogens (tertiary/aromatic N) is 2. The van der Waals surface area contributed by atoms with Crippen LogP contribution in [0.3, 0.4) is 0 Å². The first-order valence-corrected chi connectivity index (χ1v) is 6.16. The van der Waals surface area contributed by atoms with Crippen LogP contribution in [0.25, 0.3) is 0 Å². The average Bonchev–Trinajstić information content (AvgIpc) is 2.89. The van der Waals surface area contributed by atoms with Gasteiger partial charge in [-0.1, -0.05) is 6.92 Å². The number of piperidine rings is 1. The van der Waals surface area contributed by atoms with Crippen LogP contribution in [-0.4, -0.2) is 18.1 Å². The van der Waals surface area contributed by atoms with E-state index in [1.54, 1.807) is 6.20 Å². The van der Waals surface area contributed by atoms with Crippen molar-refractivity contribution in [2.24, 2.45) is 11.3 Å². The van der Waals surface area contributed by atoms with Crippen LogP contribution < -0.4 is 10.6 Å². The normalized spacial score (nSPS) is 33.1. The highest BCUT2D eigenvalue weighted by molar-refractivity contribution is 5.46. The SMILES string of the molecule is CC1CC12CCCN(c1ccc(N)cn1)C2. The molecule has 2 aliphatic rings. The van der Waals surface area contributed by atoms with Gasteiger partial charge < -0.3 is 10.6 Å². The molecule has 1 saturated carbocycles. The van der Waals surface area contributed by atoms with Gasteiger partial charge in [-0.15, -0.1) is 0 Å². The molecule has 2 heterocycles. The number of aromatic nitrogens is 1. The molecule has 86 valence electrons. The summed E-state index contributed by atoms with van der Waals surface area (Å²) in [6.45, 7) is 4.70. The molecule has 1 aromatic rings. The standard InChI is InChI=1S/C13H19N3/c1-10-7-13(10)5-2-6-16(9-13)12-4-3-11(14)8-15-12/h3-4,8,10H,2,5-7,9,14H2,1H3. The summed E-state index contributed by atoms with van der Waals surface area (Å²) in [5.74, 6) is 2.00. The van der Waals surface area contributed by atoms with Gasteiger partial charge in [0.1, 0.15) is 5.82 Å². The Labute approximate surface area is 96.7 Å². The van der Waals surface area contributed by atoms with Crippen molar-refractivity contribution in [3.05, 3.63) is 18.3 Å². The number of pyridine rings is 1. The molecule has 3 heteroatoms. The minimum Gasteiger partial charge on any atom is -0.397 e. The van der Waals surface area contributed by atoms with Gasteiger partial charge in [0.15, 0.2) is 0 Å². The van der Waals surface area contributed by atoms with Gasteiger partial charge in [0.05, 0.1) is 11.9 Å². The number of rotatable bonds is 1. The summed E-state index contributed by atoms with van der Waals surface area (Å²) in [7, 11) is 0. The van der Waals surface area contributed by atoms with E-state index < -0.39 is 0 Å². The van der Waals surface area contributed by atoms with Crippen LogP contribution in [0.15, 0.2) is 18.3 Å². The Morgan fingerprint density at radius 1 is 1.50 bits per heavy atom. The van der Waals surface area contributed by atoms with Crippen LogP contribution in [-0.2, 0) is 0 Å². The second kappa shape index (κ2) is 3.37. The predicted molar refractivity (Wildman–Crippen MR) is 66.3 cm³/mol. The van der Waals surface area contributed by atoms with Gasteiger partial charge in [-0.2, -0.15) is 0 Å². The Morgan fingerprint density at radius 3 is 2.94 bits per heavy atom. The lowest BCUT2D eigenvalue weighted by Gasteiger charge is -2.34. The largest absolute Gasteiger partial charge is 0.397 e. The van der Waals surface area contributed by atoms with E-state index in [1.807, 2.05) is 12.1 Å². The van der Waals surface area contributed by atoms with Gasteiger partial charge in [0.2, 0.25) is 0 Å². The molecule has 1 aliphatic carbocycles. The molecule has 3 rings (SSSR count). The molecule has 2 atom stereocenters. The third-order valence-electron chi connectivity index (χ3n) is 4.30.